The number of hydrogen-bond acceptors (Lipinski definition) is 6. The molecule has 0 bridgehead atoms. The van der Waals surface area contributed by atoms with E-state index in [9.17, 15) is 17.9 Å². The number of ether oxygens (including phenoxy) is 1. The van der Waals surface area contributed by atoms with Crippen molar-refractivity contribution in [1.29, 1.82) is 0 Å². The van der Waals surface area contributed by atoms with Crippen molar-refractivity contribution < 1.29 is 22.7 Å². The van der Waals surface area contributed by atoms with Crippen LogP contribution in [0.15, 0.2) is 52.7 Å². The Balaban J connectivity index is 1.67. The lowest BCUT2D eigenvalue weighted by Crippen LogP contribution is -2.28. The highest BCUT2D eigenvalue weighted by Gasteiger charge is 2.20. The van der Waals surface area contributed by atoms with Crippen LogP contribution in [0.2, 0.25) is 0 Å². The molecule has 3 aromatic rings. The molecule has 1 atom stereocenters. The predicted octanol–water partition coefficient (Wildman–Crippen LogP) is 4.03. The highest BCUT2D eigenvalue weighted by molar-refractivity contribution is 7.89. The summed E-state index contributed by atoms with van der Waals surface area (Å²) in [6, 6.07) is 11.0. The number of aliphatic hydroxyl groups excluding tert-OH is 1. The molecule has 9 heteroatoms. The van der Waals surface area contributed by atoms with Crippen LogP contribution in [0.1, 0.15) is 17.9 Å². The Morgan fingerprint density at radius 1 is 1.22 bits per heavy atom. The molecule has 1 aromatic carbocycles. The van der Waals surface area contributed by atoms with Gasteiger partial charge in [-0.25, -0.2) is 17.5 Å². The van der Waals surface area contributed by atoms with E-state index < -0.39 is 21.9 Å². The summed E-state index contributed by atoms with van der Waals surface area (Å²) in [7, 11) is -3.95. The summed E-state index contributed by atoms with van der Waals surface area (Å²) in [5.74, 6) is -0.754. The largest absolute Gasteiger partial charge is 0.491 e. The standard InChI is InChI=1S/C18H18FNO4S3/c1-2-24-15-6-5-12(10-13(15)19)27(22,23)20-11-14(21)16-7-8-18(26-16)17-4-3-9-25-17/h3-10,14,20-21H,2,11H2,1H3. The van der Waals surface area contributed by atoms with Gasteiger partial charge < -0.3 is 9.84 Å². The summed E-state index contributed by atoms with van der Waals surface area (Å²) < 4.78 is 46.0. The van der Waals surface area contributed by atoms with E-state index in [1.807, 2.05) is 23.6 Å². The third-order valence-corrected chi connectivity index (χ3v) is 7.37. The lowest BCUT2D eigenvalue weighted by atomic mass is 10.3. The Bertz CT molecular complexity index is 1000. The fourth-order valence-electron chi connectivity index (χ4n) is 2.38. The second-order valence-electron chi connectivity index (χ2n) is 5.57. The number of hydrogen-bond donors (Lipinski definition) is 2. The van der Waals surface area contributed by atoms with E-state index in [4.69, 9.17) is 4.74 Å². The van der Waals surface area contributed by atoms with Crippen molar-refractivity contribution in [3.63, 3.8) is 0 Å². The van der Waals surface area contributed by atoms with E-state index in [-0.39, 0.29) is 23.8 Å². The zero-order valence-corrected chi connectivity index (χ0v) is 16.8. The maximum absolute atomic E-state index is 13.9. The quantitative estimate of drug-likeness (QED) is 0.569. The van der Waals surface area contributed by atoms with Crippen LogP contribution in [0.4, 0.5) is 4.39 Å². The summed E-state index contributed by atoms with van der Waals surface area (Å²) in [5, 5.41) is 12.3. The number of thiophene rings is 2. The second-order valence-corrected chi connectivity index (χ2v) is 9.40. The maximum Gasteiger partial charge on any atom is 0.240 e. The Labute approximate surface area is 165 Å². The minimum absolute atomic E-state index is 0.00354. The molecule has 0 aliphatic rings. The van der Waals surface area contributed by atoms with Gasteiger partial charge in [0.15, 0.2) is 11.6 Å². The number of halogens is 1. The molecule has 5 nitrogen and oxygen atoms in total. The van der Waals surface area contributed by atoms with Crippen molar-refractivity contribution in [2.24, 2.45) is 0 Å². The smallest absolute Gasteiger partial charge is 0.240 e. The lowest BCUT2D eigenvalue weighted by Gasteiger charge is -2.12. The van der Waals surface area contributed by atoms with E-state index in [1.54, 1.807) is 24.3 Å². The third kappa shape index (κ3) is 4.74. The fraction of sp³-hybridized carbons (Fsp3) is 0.222. The average molecular weight is 428 g/mol. The minimum Gasteiger partial charge on any atom is -0.491 e. The monoisotopic (exact) mass is 427 g/mol. The number of nitrogens with one attached hydrogen (secondary N) is 1. The van der Waals surface area contributed by atoms with Gasteiger partial charge in [0.05, 0.1) is 11.5 Å². The first-order chi connectivity index (χ1) is 12.9. The molecule has 0 fully saturated rings. The van der Waals surface area contributed by atoms with Crippen LogP contribution in [-0.4, -0.2) is 26.7 Å². The van der Waals surface area contributed by atoms with Gasteiger partial charge in [-0.1, -0.05) is 6.07 Å². The molecule has 0 radical (unpaired) electrons. The number of benzene rings is 1. The van der Waals surface area contributed by atoms with E-state index in [0.717, 1.165) is 15.8 Å². The maximum atomic E-state index is 13.9. The lowest BCUT2D eigenvalue weighted by molar-refractivity contribution is 0.186. The van der Waals surface area contributed by atoms with E-state index in [1.165, 1.54) is 23.5 Å². The highest BCUT2D eigenvalue weighted by atomic mass is 32.2. The summed E-state index contributed by atoms with van der Waals surface area (Å²) >= 11 is 3.00. The van der Waals surface area contributed by atoms with Gasteiger partial charge in [0.25, 0.3) is 0 Å². The van der Waals surface area contributed by atoms with Crippen molar-refractivity contribution in [3.8, 4) is 15.5 Å². The molecule has 1 unspecified atom stereocenters. The molecular weight excluding hydrogens is 409 g/mol. The molecule has 3 rings (SSSR count). The second kappa shape index (κ2) is 8.49. The molecule has 2 heterocycles. The zero-order valence-electron chi connectivity index (χ0n) is 14.4. The minimum atomic E-state index is -3.95. The van der Waals surface area contributed by atoms with Crippen molar-refractivity contribution in [1.82, 2.24) is 4.72 Å². The summed E-state index contributed by atoms with van der Waals surface area (Å²) in [6.45, 7) is 1.78. The van der Waals surface area contributed by atoms with Gasteiger partial charge in [0, 0.05) is 21.2 Å². The fourth-order valence-corrected chi connectivity index (χ4v) is 5.26. The number of rotatable bonds is 8. The van der Waals surface area contributed by atoms with Crippen molar-refractivity contribution in [2.45, 2.75) is 17.9 Å². The topological polar surface area (TPSA) is 75.6 Å². The Kier molecular flexibility index (Phi) is 6.28. The van der Waals surface area contributed by atoms with Crippen LogP contribution in [0.25, 0.3) is 9.75 Å². The van der Waals surface area contributed by atoms with Crippen LogP contribution in [0.5, 0.6) is 5.75 Å². The molecule has 0 saturated heterocycles. The first-order valence-corrected chi connectivity index (χ1v) is 11.3. The van der Waals surface area contributed by atoms with Crippen molar-refractivity contribution in [2.75, 3.05) is 13.2 Å². The third-order valence-electron chi connectivity index (χ3n) is 3.70. The average Bonchev–Trinajstić information content (AvgIpc) is 3.33. The summed E-state index contributed by atoms with van der Waals surface area (Å²) in [5.41, 5.74) is 0. The predicted molar refractivity (Wildman–Crippen MR) is 105 cm³/mol. The SMILES string of the molecule is CCOc1ccc(S(=O)(=O)NCC(O)c2ccc(-c3cccs3)s2)cc1F. The van der Waals surface area contributed by atoms with Gasteiger partial charge in [0.2, 0.25) is 10.0 Å². The zero-order chi connectivity index (χ0) is 19.4. The van der Waals surface area contributed by atoms with Crippen LogP contribution < -0.4 is 9.46 Å². The van der Waals surface area contributed by atoms with Gasteiger partial charge >= 0.3 is 0 Å². The molecular formula is C18H18FNO4S3. The summed E-state index contributed by atoms with van der Waals surface area (Å²) in [6.07, 6.45) is -0.994. The van der Waals surface area contributed by atoms with Gasteiger partial charge in [-0.3, -0.25) is 0 Å². The number of sulfonamides is 1. The van der Waals surface area contributed by atoms with Crippen molar-refractivity contribution in [3.05, 3.63) is 58.5 Å². The van der Waals surface area contributed by atoms with Gasteiger partial charge in [-0.15, -0.1) is 22.7 Å². The first kappa shape index (κ1) is 20.0. The van der Waals surface area contributed by atoms with E-state index in [2.05, 4.69) is 4.72 Å². The van der Waals surface area contributed by atoms with Crippen LogP contribution in [0, 0.1) is 5.82 Å². The molecule has 2 aromatic heterocycles. The molecule has 0 aliphatic carbocycles. The molecule has 0 amide bonds. The van der Waals surface area contributed by atoms with Crippen LogP contribution in [-0.2, 0) is 10.0 Å². The van der Waals surface area contributed by atoms with Crippen LogP contribution in [0.3, 0.4) is 0 Å². The van der Waals surface area contributed by atoms with Gasteiger partial charge in [-0.05, 0) is 48.7 Å². The van der Waals surface area contributed by atoms with Crippen LogP contribution >= 0.6 is 22.7 Å². The molecule has 27 heavy (non-hydrogen) atoms. The van der Waals surface area contributed by atoms with E-state index >= 15 is 0 Å². The normalized spacial score (nSPS) is 12.9. The van der Waals surface area contributed by atoms with Gasteiger partial charge in [-0.2, -0.15) is 0 Å². The molecule has 0 saturated carbocycles. The van der Waals surface area contributed by atoms with Crippen molar-refractivity contribution >= 4 is 32.7 Å². The molecule has 0 aliphatic heterocycles. The Morgan fingerprint density at radius 3 is 2.70 bits per heavy atom. The molecule has 144 valence electrons. The molecule has 2 N–H and O–H groups in total. The van der Waals surface area contributed by atoms with Gasteiger partial charge in [0.1, 0.15) is 6.10 Å². The Morgan fingerprint density at radius 2 is 2.04 bits per heavy atom. The number of aliphatic hydroxyl groups is 1. The molecule has 0 spiro atoms. The van der Waals surface area contributed by atoms with E-state index in [0.29, 0.717) is 4.88 Å². The first-order valence-electron chi connectivity index (χ1n) is 8.14. The summed E-state index contributed by atoms with van der Waals surface area (Å²) in [4.78, 5) is 2.53. The Hall–Kier alpha value is -1.78. The highest BCUT2D eigenvalue weighted by Crippen LogP contribution is 2.34.